The van der Waals surface area contributed by atoms with E-state index in [4.69, 9.17) is 9.47 Å². The summed E-state index contributed by atoms with van der Waals surface area (Å²) in [5.74, 6) is 1.74. The van der Waals surface area contributed by atoms with E-state index >= 15 is 0 Å². The molecule has 0 spiro atoms. The number of imidazole rings is 1. The predicted molar refractivity (Wildman–Crippen MR) is 114 cm³/mol. The van der Waals surface area contributed by atoms with Crippen LogP contribution in [0.25, 0.3) is 22.6 Å². The van der Waals surface area contributed by atoms with Crippen LogP contribution in [0.2, 0.25) is 0 Å². The van der Waals surface area contributed by atoms with Gasteiger partial charge in [0.2, 0.25) is 11.9 Å². The SMILES string of the molecule is COc1ccc(-c2nc(NC(=O)CCc3nc4c([nH]3)c(=O)[nH]c(=O)n4C)n[nH]2)c(OC)c1. The van der Waals surface area contributed by atoms with Crippen molar-refractivity contribution >= 4 is 23.0 Å². The Morgan fingerprint density at radius 3 is 2.72 bits per heavy atom. The molecule has 0 aliphatic heterocycles. The van der Waals surface area contributed by atoms with Crippen LogP contribution in [0.5, 0.6) is 11.5 Å². The summed E-state index contributed by atoms with van der Waals surface area (Å²) in [7, 11) is 4.58. The number of fused-ring (bicyclic) bond motifs is 1. The van der Waals surface area contributed by atoms with E-state index in [9.17, 15) is 14.4 Å². The molecule has 0 unspecified atom stereocenters. The third-order valence-electron chi connectivity index (χ3n) is 4.79. The summed E-state index contributed by atoms with van der Waals surface area (Å²) >= 11 is 0. The first kappa shape index (κ1) is 20.8. The fourth-order valence-corrected chi connectivity index (χ4v) is 3.12. The second-order valence-electron chi connectivity index (χ2n) is 6.82. The lowest BCUT2D eigenvalue weighted by Gasteiger charge is -2.07. The first-order valence-corrected chi connectivity index (χ1v) is 9.52. The van der Waals surface area contributed by atoms with Crippen LogP contribution in [0.1, 0.15) is 12.2 Å². The van der Waals surface area contributed by atoms with Gasteiger partial charge in [-0.2, -0.15) is 4.98 Å². The number of carbonyl (C=O) groups excluding carboxylic acids is 1. The second kappa shape index (κ2) is 8.37. The highest BCUT2D eigenvalue weighted by atomic mass is 16.5. The summed E-state index contributed by atoms with van der Waals surface area (Å²) in [6.45, 7) is 0. The van der Waals surface area contributed by atoms with Gasteiger partial charge in [-0.1, -0.05) is 0 Å². The van der Waals surface area contributed by atoms with Crippen LogP contribution in [0.15, 0.2) is 27.8 Å². The number of aryl methyl sites for hydroxylation is 2. The molecule has 4 aromatic rings. The van der Waals surface area contributed by atoms with Crippen LogP contribution >= 0.6 is 0 Å². The number of nitrogens with zero attached hydrogens (tertiary/aromatic N) is 4. The second-order valence-corrected chi connectivity index (χ2v) is 6.82. The maximum absolute atomic E-state index is 12.3. The number of carbonyl (C=O) groups is 1. The smallest absolute Gasteiger partial charge is 0.329 e. The fourth-order valence-electron chi connectivity index (χ4n) is 3.12. The number of nitrogens with one attached hydrogen (secondary N) is 4. The van der Waals surface area contributed by atoms with E-state index in [0.29, 0.717) is 28.7 Å². The van der Waals surface area contributed by atoms with Gasteiger partial charge >= 0.3 is 5.69 Å². The maximum Gasteiger partial charge on any atom is 0.329 e. The normalized spacial score (nSPS) is 11.0. The van der Waals surface area contributed by atoms with Crippen molar-refractivity contribution in [1.29, 1.82) is 0 Å². The standard InChI is InChI=1S/C19H20N8O5/c1-27-16-14(17(29)24-19(27)30)20-12(21-16)6-7-13(28)22-18-23-15(25-26-18)10-5-4-9(31-2)8-11(10)32-3/h4-5,8H,6-7H2,1-3H3,(H,20,21)(H,24,29,30)(H2,22,23,25,26,28). The van der Waals surface area contributed by atoms with Gasteiger partial charge in [0.1, 0.15) is 22.8 Å². The van der Waals surface area contributed by atoms with E-state index in [1.807, 2.05) is 0 Å². The average molecular weight is 440 g/mol. The number of aromatic nitrogens is 7. The van der Waals surface area contributed by atoms with E-state index < -0.39 is 11.2 Å². The molecule has 0 fully saturated rings. The summed E-state index contributed by atoms with van der Waals surface area (Å²) in [6.07, 6.45) is 0.277. The van der Waals surface area contributed by atoms with E-state index in [1.54, 1.807) is 25.3 Å². The lowest BCUT2D eigenvalue weighted by atomic mass is 10.2. The molecule has 1 amide bonds. The van der Waals surface area contributed by atoms with E-state index in [-0.39, 0.29) is 35.9 Å². The molecule has 4 N–H and O–H groups in total. The number of benzene rings is 1. The highest BCUT2D eigenvalue weighted by Gasteiger charge is 2.15. The van der Waals surface area contributed by atoms with Crippen LogP contribution in [0.4, 0.5) is 5.95 Å². The molecule has 4 rings (SSSR count). The Balaban J connectivity index is 1.44. The van der Waals surface area contributed by atoms with E-state index in [0.717, 1.165) is 0 Å². The number of aromatic amines is 3. The van der Waals surface area contributed by atoms with E-state index in [2.05, 4.69) is 35.5 Å². The van der Waals surface area contributed by atoms with Crippen molar-refractivity contribution in [3.05, 3.63) is 44.9 Å². The Hall–Kier alpha value is -4.42. The van der Waals surface area contributed by atoms with Gasteiger partial charge in [-0.3, -0.25) is 29.6 Å². The molecular weight excluding hydrogens is 420 g/mol. The monoisotopic (exact) mass is 440 g/mol. The Morgan fingerprint density at radius 2 is 1.97 bits per heavy atom. The summed E-state index contributed by atoms with van der Waals surface area (Å²) < 4.78 is 11.8. The molecule has 0 atom stereocenters. The quantitative estimate of drug-likeness (QED) is 0.318. The van der Waals surface area contributed by atoms with Crippen LogP contribution in [-0.2, 0) is 18.3 Å². The van der Waals surface area contributed by atoms with Crippen molar-refractivity contribution < 1.29 is 14.3 Å². The number of amides is 1. The fraction of sp³-hybridized carbons (Fsp3) is 0.263. The number of hydrogen-bond donors (Lipinski definition) is 4. The largest absolute Gasteiger partial charge is 0.497 e. The molecule has 0 bridgehead atoms. The van der Waals surface area contributed by atoms with Crippen LogP contribution in [0, 0.1) is 0 Å². The van der Waals surface area contributed by atoms with Crippen molar-refractivity contribution in [2.24, 2.45) is 7.05 Å². The van der Waals surface area contributed by atoms with Gasteiger partial charge in [0, 0.05) is 26.0 Å². The molecule has 13 nitrogen and oxygen atoms in total. The molecule has 0 saturated heterocycles. The maximum atomic E-state index is 12.3. The van der Waals surface area contributed by atoms with Crippen LogP contribution in [0.3, 0.4) is 0 Å². The highest BCUT2D eigenvalue weighted by molar-refractivity contribution is 5.89. The first-order chi connectivity index (χ1) is 15.4. The zero-order valence-electron chi connectivity index (χ0n) is 17.5. The summed E-state index contributed by atoms with van der Waals surface area (Å²) in [5, 5.41) is 9.38. The van der Waals surface area contributed by atoms with Gasteiger partial charge < -0.3 is 14.5 Å². The lowest BCUT2D eigenvalue weighted by Crippen LogP contribution is -2.28. The molecule has 0 radical (unpaired) electrons. The lowest BCUT2D eigenvalue weighted by molar-refractivity contribution is -0.116. The number of anilines is 1. The average Bonchev–Trinajstić information content (AvgIpc) is 3.43. The van der Waals surface area contributed by atoms with Gasteiger partial charge in [0.05, 0.1) is 19.8 Å². The zero-order valence-corrected chi connectivity index (χ0v) is 17.5. The van der Waals surface area contributed by atoms with Crippen molar-refractivity contribution in [3.63, 3.8) is 0 Å². The molecule has 0 aliphatic rings. The minimum Gasteiger partial charge on any atom is -0.497 e. The molecule has 13 heteroatoms. The van der Waals surface area contributed by atoms with Crippen molar-refractivity contribution in [1.82, 2.24) is 34.7 Å². The van der Waals surface area contributed by atoms with Crippen LogP contribution < -0.4 is 26.0 Å². The summed E-state index contributed by atoms with van der Waals surface area (Å²) in [6, 6.07) is 5.23. The minimum atomic E-state index is -0.563. The molecule has 1 aromatic carbocycles. The van der Waals surface area contributed by atoms with Gasteiger partial charge in [-0.25, -0.2) is 9.78 Å². The van der Waals surface area contributed by atoms with Gasteiger partial charge in [0.25, 0.3) is 5.56 Å². The molecule has 166 valence electrons. The minimum absolute atomic E-state index is 0.0569. The predicted octanol–water partition coefficient (Wildman–Crippen LogP) is 0.324. The number of rotatable bonds is 7. The highest BCUT2D eigenvalue weighted by Crippen LogP contribution is 2.31. The zero-order chi connectivity index (χ0) is 22.8. The molecular formula is C19H20N8O5. The Morgan fingerprint density at radius 1 is 1.16 bits per heavy atom. The molecule has 3 aromatic heterocycles. The number of ether oxygens (including phenoxy) is 2. The number of hydrogen-bond acceptors (Lipinski definition) is 8. The Labute approximate surface area is 179 Å². The molecule has 0 aliphatic carbocycles. The first-order valence-electron chi connectivity index (χ1n) is 9.52. The summed E-state index contributed by atoms with van der Waals surface area (Å²) in [4.78, 5) is 49.4. The Kier molecular flexibility index (Phi) is 5.45. The van der Waals surface area contributed by atoms with Crippen molar-refractivity contribution in [3.8, 4) is 22.9 Å². The van der Waals surface area contributed by atoms with Crippen LogP contribution in [-0.4, -0.2) is 54.8 Å². The molecule has 0 saturated carbocycles. The van der Waals surface area contributed by atoms with Crippen molar-refractivity contribution in [2.45, 2.75) is 12.8 Å². The van der Waals surface area contributed by atoms with Gasteiger partial charge in [-0.15, -0.1) is 5.10 Å². The van der Waals surface area contributed by atoms with E-state index in [1.165, 1.54) is 18.7 Å². The van der Waals surface area contributed by atoms with Crippen molar-refractivity contribution in [2.75, 3.05) is 19.5 Å². The topological polar surface area (TPSA) is 173 Å². The third kappa shape index (κ3) is 3.95. The summed E-state index contributed by atoms with van der Waals surface area (Å²) in [5.41, 5.74) is -0.0733. The number of H-pyrrole nitrogens is 3. The third-order valence-corrected chi connectivity index (χ3v) is 4.79. The number of methoxy groups -OCH3 is 2. The molecule has 3 heterocycles. The molecule has 32 heavy (non-hydrogen) atoms. The Bertz CT molecular complexity index is 1410. The van der Waals surface area contributed by atoms with Gasteiger partial charge in [-0.05, 0) is 12.1 Å². The van der Waals surface area contributed by atoms with Gasteiger partial charge in [0.15, 0.2) is 11.5 Å².